The van der Waals surface area contributed by atoms with Crippen molar-refractivity contribution >= 4 is 15.9 Å². The van der Waals surface area contributed by atoms with Gasteiger partial charge in [0.05, 0.1) is 24.3 Å². The van der Waals surface area contributed by atoms with Crippen LogP contribution in [0.15, 0.2) is 40.9 Å². The van der Waals surface area contributed by atoms with E-state index in [-0.39, 0.29) is 0 Å². The largest absolute Gasteiger partial charge is 0.496 e. The lowest BCUT2D eigenvalue weighted by molar-refractivity contribution is 0.208. The van der Waals surface area contributed by atoms with Gasteiger partial charge in [0.25, 0.3) is 0 Å². The van der Waals surface area contributed by atoms with Crippen LogP contribution < -0.4 is 9.47 Å². The Bertz CT molecular complexity index is 594. The summed E-state index contributed by atoms with van der Waals surface area (Å²) < 4.78 is 24.4. The number of aliphatic hydroxyl groups excluding tert-OH is 1. The molecule has 0 aromatic heterocycles. The van der Waals surface area contributed by atoms with E-state index in [1.54, 1.807) is 30.3 Å². The summed E-state index contributed by atoms with van der Waals surface area (Å²) in [5.74, 6) is 0.538. The maximum Gasteiger partial charge on any atom is 0.137 e. The number of hydrogen-bond acceptors (Lipinski definition) is 3. The minimum atomic E-state index is -1.04. The zero-order valence-electron chi connectivity index (χ0n) is 11.1. The average Bonchev–Trinajstić information content (AvgIpc) is 2.48. The molecule has 0 aliphatic carbocycles. The molecule has 0 radical (unpaired) electrons. The van der Waals surface area contributed by atoms with Gasteiger partial charge in [0.15, 0.2) is 0 Å². The third-order valence-corrected chi connectivity index (χ3v) is 3.64. The summed E-state index contributed by atoms with van der Waals surface area (Å²) in [7, 11) is 3.01. The van der Waals surface area contributed by atoms with Gasteiger partial charge in [0.2, 0.25) is 0 Å². The first-order valence-electron chi connectivity index (χ1n) is 5.92. The number of ether oxygens (including phenoxy) is 2. The highest BCUT2D eigenvalue weighted by Crippen LogP contribution is 2.37. The Morgan fingerprint density at radius 3 is 2.20 bits per heavy atom. The molecule has 20 heavy (non-hydrogen) atoms. The number of hydrogen-bond donors (Lipinski definition) is 1. The van der Waals surface area contributed by atoms with Crippen molar-refractivity contribution in [2.45, 2.75) is 6.10 Å². The van der Waals surface area contributed by atoms with E-state index in [2.05, 4.69) is 15.9 Å². The third-order valence-electron chi connectivity index (χ3n) is 3.00. The molecule has 0 aliphatic rings. The van der Waals surface area contributed by atoms with Crippen LogP contribution in [-0.4, -0.2) is 19.3 Å². The highest BCUT2D eigenvalue weighted by atomic mass is 79.9. The summed E-state index contributed by atoms with van der Waals surface area (Å²) in [5, 5.41) is 10.5. The zero-order chi connectivity index (χ0) is 14.7. The molecule has 0 amide bonds. The lowest BCUT2D eigenvalue weighted by atomic mass is 9.99. The Balaban J connectivity index is 2.51. The molecule has 0 fully saturated rings. The Labute approximate surface area is 125 Å². The summed E-state index contributed by atoms with van der Waals surface area (Å²) in [5.41, 5.74) is 0.896. The molecule has 106 valence electrons. The third kappa shape index (κ3) is 2.78. The van der Waals surface area contributed by atoms with E-state index in [0.717, 1.165) is 0 Å². The van der Waals surface area contributed by atoms with Crippen molar-refractivity contribution in [2.24, 2.45) is 0 Å². The molecule has 0 heterocycles. The molecule has 1 unspecified atom stereocenters. The Kier molecular flexibility index (Phi) is 4.62. The summed E-state index contributed by atoms with van der Waals surface area (Å²) >= 11 is 3.08. The molecular weight excluding hydrogens is 327 g/mol. The van der Waals surface area contributed by atoms with E-state index in [1.807, 2.05) is 0 Å². The van der Waals surface area contributed by atoms with Gasteiger partial charge in [-0.3, -0.25) is 0 Å². The molecule has 1 N–H and O–H groups in total. The Hall–Kier alpha value is -1.59. The van der Waals surface area contributed by atoms with Crippen LogP contribution in [0.3, 0.4) is 0 Å². The van der Waals surface area contributed by atoms with Gasteiger partial charge in [-0.05, 0) is 45.8 Å². The lowest BCUT2D eigenvalue weighted by Crippen LogP contribution is -2.05. The number of rotatable bonds is 4. The van der Waals surface area contributed by atoms with Crippen molar-refractivity contribution in [3.8, 4) is 11.5 Å². The quantitative estimate of drug-likeness (QED) is 0.922. The first-order chi connectivity index (χ1) is 9.58. The summed E-state index contributed by atoms with van der Waals surface area (Å²) in [4.78, 5) is 0. The number of benzene rings is 2. The first kappa shape index (κ1) is 14.8. The summed E-state index contributed by atoms with van der Waals surface area (Å²) in [6.45, 7) is 0. The van der Waals surface area contributed by atoms with Gasteiger partial charge in [0.1, 0.15) is 23.4 Å². The Morgan fingerprint density at radius 1 is 1.10 bits per heavy atom. The smallest absolute Gasteiger partial charge is 0.137 e. The second-order valence-corrected chi connectivity index (χ2v) is 5.01. The number of aliphatic hydroxyl groups is 1. The molecule has 5 heteroatoms. The second kappa shape index (κ2) is 6.24. The van der Waals surface area contributed by atoms with Crippen LogP contribution in [0.2, 0.25) is 0 Å². The van der Waals surface area contributed by atoms with Crippen molar-refractivity contribution in [2.75, 3.05) is 14.2 Å². The van der Waals surface area contributed by atoms with E-state index in [9.17, 15) is 9.50 Å². The molecular formula is C15H14BrFO3. The predicted molar refractivity (Wildman–Crippen MR) is 77.7 cm³/mol. The highest BCUT2D eigenvalue weighted by molar-refractivity contribution is 9.10. The van der Waals surface area contributed by atoms with Gasteiger partial charge in [0, 0.05) is 0 Å². The molecule has 2 rings (SSSR count). The summed E-state index contributed by atoms with van der Waals surface area (Å²) in [6, 6.07) is 9.67. The van der Waals surface area contributed by atoms with Crippen LogP contribution in [0, 0.1) is 5.82 Å². The summed E-state index contributed by atoms with van der Waals surface area (Å²) in [6.07, 6.45) is -1.04. The normalized spacial score (nSPS) is 12.1. The number of methoxy groups -OCH3 is 2. The van der Waals surface area contributed by atoms with E-state index in [1.165, 1.54) is 20.3 Å². The zero-order valence-corrected chi connectivity index (χ0v) is 12.6. The van der Waals surface area contributed by atoms with Gasteiger partial charge in [-0.1, -0.05) is 12.1 Å². The molecule has 2 aromatic rings. The first-order valence-corrected chi connectivity index (χ1v) is 6.71. The van der Waals surface area contributed by atoms with E-state index in [4.69, 9.17) is 9.47 Å². The van der Waals surface area contributed by atoms with Crippen LogP contribution in [0.1, 0.15) is 17.2 Å². The molecule has 0 aliphatic heterocycles. The molecule has 3 nitrogen and oxygen atoms in total. The second-order valence-electron chi connectivity index (χ2n) is 4.15. The maximum atomic E-state index is 13.6. The van der Waals surface area contributed by atoms with Gasteiger partial charge in [-0.25, -0.2) is 4.39 Å². The van der Waals surface area contributed by atoms with Crippen LogP contribution >= 0.6 is 15.9 Å². The minimum Gasteiger partial charge on any atom is -0.496 e. The van der Waals surface area contributed by atoms with E-state index >= 15 is 0 Å². The van der Waals surface area contributed by atoms with Crippen molar-refractivity contribution < 1.29 is 19.0 Å². The van der Waals surface area contributed by atoms with Crippen LogP contribution in [-0.2, 0) is 0 Å². The van der Waals surface area contributed by atoms with E-state index in [0.29, 0.717) is 27.1 Å². The van der Waals surface area contributed by atoms with Gasteiger partial charge in [-0.2, -0.15) is 0 Å². The fourth-order valence-corrected chi connectivity index (χ4v) is 2.25. The van der Waals surface area contributed by atoms with Crippen molar-refractivity contribution in [1.82, 2.24) is 0 Å². The Morgan fingerprint density at radius 2 is 1.70 bits per heavy atom. The standard InChI is InChI=1S/C15H14BrFO3/c1-19-12-4-3-5-13(20-2)14(12)15(18)9-6-7-10(16)11(17)8-9/h3-8,15,18H,1-2H3. The molecule has 1 atom stereocenters. The maximum absolute atomic E-state index is 13.6. The molecule has 0 saturated heterocycles. The average molecular weight is 341 g/mol. The minimum absolute atomic E-state index is 0.348. The van der Waals surface area contributed by atoms with Crippen molar-refractivity contribution in [3.63, 3.8) is 0 Å². The lowest BCUT2D eigenvalue weighted by Gasteiger charge is -2.18. The molecule has 0 saturated carbocycles. The van der Waals surface area contributed by atoms with Crippen LogP contribution in [0.4, 0.5) is 4.39 Å². The fraction of sp³-hybridized carbons (Fsp3) is 0.200. The highest BCUT2D eigenvalue weighted by Gasteiger charge is 2.21. The molecule has 0 bridgehead atoms. The van der Waals surface area contributed by atoms with Crippen molar-refractivity contribution in [1.29, 1.82) is 0 Å². The molecule has 0 spiro atoms. The monoisotopic (exact) mass is 340 g/mol. The van der Waals surface area contributed by atoms with Gasteiger partial charge < -0.3 is 14.6 Å². The van der Waals surface area contributed by atoms with Gasteiger partial charge in [-0.15, -0.1) is 0 Å². The predicted octanol–water partition coefficient (Wildman–Crippen LogP) is 3.69. The SMILES string of the molecule is COc1cccc(OC)c1C(O)c1ccc(Br)c(F)c1. The van der Waals surface area contributed by atoms with Crippen LogP contribution in [0.25, 0.3) is 0 Å². The van der Waals surface area contributed by atoms with Gasteiger partial charge >= 0.3 is 0 Å². The van der Waals surface area contributed by atoms with Crippen LogP contribution in [0.5, 0.6) is 11.5 Å². The van der Waals surface area contributed by atoms with E-state index < -0.39 is 11.9 Å². The van der Waals surface area contributed by atoms with Crippen molar-refractivity contribution in [3.05, 3.63) is 57.8 Å². The fourth-order valence-electron chi connectivity index (χ4n) is 2.00. The molecule has 2 aromatic carbocycles. The number of halogens is 2. The topological polar surface area (TPSA) is 38.7 Å².